The summed E-state index contributed by atoms with van der Waals surface area (Å²) in [6.07, 6.45) is 2.54. The van der Waals surface area contributed by atoms with Gasteiger partial charge in [0.1, 0.15) is 0 Å². The van der Waals surface area contributed by atoms with E-state index in [0.717, 1.165) is 16.9 Å². The molecule has 0 bridgehead atoms. The number of nitrogens with zero attached hydrogens (tertiary/aromatic N) is 1. The summed E-state index contributed by atoms with van der Waals surface area (Å²) in [6, 6.07) is 7.01. The van der Waals surface area contributed by atoms with Crippen LogP contribution in [0.1, 0.15) is 25.8 Å². The average molecular weight is 333 g/mol. The third-order valence-corrected chi connectivity index (χ3v) is 4.53. The Labute approximate surface area is 136 Å². The fraction of sp³-hybridized carbons (Fsp3) is 0.533. The number of hydrogen-bond donors (Lipinski definition) is 1. The lowest BCUT2D eigenvalue weighted by Gasteiger charge is -2.24. The molecule has 6 heteroatoms. The number of hydrogen-bond acceptors (Lipinski definition) is 3. The first kappa shape index (κ1) is 20.1. The minimum absolute atomic E-state index is 0. The van der Waals surface area contributed by atoms with E-state index in [1.54, 1.807) is 18.2 Å². The van der Waals surface area contributed by atoms with Gasteiger partial charge in [-0.1, -0.05) is 32.4 Å². The number of rotatable bonds is 6. The monoisotopic (exact) mass is 332 g/mol. The summed E-state index contributed by atoms with van der Waals surface area (Å²) < 4.78 is 11.3. The molecule has 0 saturated heterocycles. The minimum atomic E-state index is -0.974. The van der Waals surface area contributed by atoms with Gasteiger partial charge in [0.2, 0.25) is 5.91 Å². The Morgan fingerprint density at radius 3 is 2.29 bits per heavy atom. The predicted octanol–water partition coefficient (Wildman–Crippen LogP) is 2.18. The fourth-order valence-electron chi connectivity index (χ4n) is 1.89. The molecule has 3 atom stereocenters. The van der Waals surface area contributed by atoms with Crippen molar-refractivity contribution in [2.45, 2.75) is 37.8 Å². The number of benzene rings is 1. The lowest BCUT2D eigenvalue weighted by Crippen LogP contribution is -2.45. The van der Waals surface area contributed by atoms with Crippen LogP contribution in [0.15, 0.2) is 29.2 Å². The molecule has 4 nitrogen and oxygen atoms in total. The zero-order chi connectivity index (χ0) is 15.3. The number of likely N-dealkylation sites (N-methyl/N-ethyl adjacent to an activating group) is 1. The van der Waals surface area contributed by atoms with E-state index < -0.39 is 16.8 Å². The molecular weight excluding hydrogens is 308 g/mol. The van der Waals surface area contributed by atoms with Gasteiger partial charge in [-0.3, -0.25) is 9.00 Å². The van der Waals surface area contributed by atoms with Gasteiger partial charge in [0.05, 0.1) is 6.04 Å². The van der Waals surface area contributed by atoms with Gasteiger partial charge in [0.25, 0.3) is 0 Å². The van der Waals surface area contributed by atoms with E-state index in [1.165, 1.54) is 0 Å². The van der Waals surface area contributed by atoms with Crippen LogP contribution in [0.25, 0.3) is 0 Å². The lowest BCUT2D eigenvalue weighted by molar-refractivity contribution is -0.132. The number of carbonyl (C=O) groups excluding carboxylic acids is 1. The zero-order valence-corrected chi connectivity index (χ0v) is 14.7. The Kier molecular flexibility index (Phi) is 8.78. The predicted molar refractivity (Wildman–Crippen MR) is 89.9 cm³/mol. The summed E-state index contributed by atoms with van der Waals surface area (Å²) in [5.41, 5.74) is 6.96. The summed E-state index contributed by atoms with van der Waals surface area (Å²) in [7, 11) is 0.786. The molecule has 0 aliphatic rings. The molecule has 0 saturated carbocycles. The van der Waals surface area contributed by atoms with Crippen LogP contribution in [0.2, 0.25) is 0 Å². The highest BCUT2D eigenvalue weighted by atomic mass is 35.5. The van der Waals surface area contributed by atoms with E-state index in [2.05, 4.69) is 0 Å². The number of amides is 1. The van der Waals surface area contributed by atoms with E-state index in [0.29, 0.717) is 6.54 Å². The first-order chi connectivity index (χ1) is 9.36. The summed E-state index contributed by atoms with van der Waals surface area (Å²) in [4.78, 5) is 14.6. The molecule has 0 radical (unpaired) electrons. The standard InChI is InChI=1S/C15H24N2O2S.ClH/c1-5-11(2)14(16)15(18)17(3)10-12-6-8-13(9-7-12)20(4)19;/h6-9,11,14H,5,10,16H2,1-4H3;1H. The summed E-state index contributed by atoms with van der Waals surface area (Å²) in [5.74, 6) is 0.136. The summed E-state index contributed by atoms with van der Waals surface area (Å²) in [5, 5.41) is 0. The second kappa shape index (κ2) is 9.18. The molecule has 1 aromatic carbocycles. The quantitative estimate of drug-likeness (QED) is 0.868. The van der Waals surface area contributed by atoms with Gasteiger partial charge in [-0.25, -0.2) is 0 Å². The van der Waals surface area contributed by atoms with Gasteiger partial charge in [-0.05, 0) is 23.6 Å². The maximum atomic E-state index is 12.2. The molecule has 0 aromatic heterocycles. The van der Waals surface area contributed by atoms with Crippen LogP contribution in [0.3, 0.4) is 0 Å². The SMILES string of the molecule is CCC(C)C(N)C(=O)N(C)Cc1ccc(S(C)=O)cc1.Cl. The molecule has 0 aliphatic carbocycles. The molecule has 21 heavy (non-hydrogen) atoms. The van der Waals surface area contributed by atoms with Gasteiger partial charge in [0.15, 0.2) is 0 Å². The normalized spacial score (nSPS) is 14.7. The maximum Gasteiger partial charge on any atom is 0.239 e. The molecule has 0 aliphatic heterocycles. The first-order valence-corrected chi connectivity index (χ1v) is 8.35. The second-order valence-corrected chi connectivity index (χ2v) is 6.58. The smallest absolute Gasteiger partial charge is 0.239 e. The highest BCUT2D eigenvalue weighted by Gasteiger charge is 2.22. The Bertz CT molecular complexity index is 479. The van der Waals surface area contributed by atoms with Gasteiger partial charge in [-0.2, -0.15) is 0 Å². The highest BCUT2D eigenvalue weighted by Crippen LogP contribution is 2.12. The van der Waals surface area contributed by atoms with Crippen molar-refractivity contribution in [3.63, 3.8) is 0 Å². The first-order valence-electron chi connectivity index (χ1n) is 6.79. The number of carbonyl (C=O) groups is 1. The summed E-state index contributed by atoms with van der Waals surface area (Å²) >= 11 is 0. The Morgan fingerprint density at radius 1 is 1.33 bits per heavy atom. The van der Waals surface area contributed by atoms with Crippen molar-refractivity contribution in [3.8, 4) is 0 Å². The third-order valence-electron chi connectivity index (χ3n) is 3.59. The third kappa shape index (κ3) is 5.77. The van der Waals surface area contributed by atoms with Crippen LogP contribution in [0.4, 0.5) is 0 Å². The molecule has 2 N–H and O–H groups in total. The topological polar surface area (TPSA) is 63.4 Å². The van der Waals surface area contributed by atoms with Crippen LogP contribution < -0.4 is 5.73 Å². The second-order valence-electron chi connectivity index (χ2n) is 5.20. The molecule has 0 spiro atoms. The zero-order valence-electron chi connectivity index (χ0n) is 13.0. The van der Waals surface area contributed by atoms with Crippen molar-refractivity contribution in [2.75, 3.05) is 13.3 Å². The molecule has 0 heterocycles. The molecule has 1 amide bonds. The molecule has 0 fully saturated rings. The van der Waals surface area contributed by atoms with Crippen LogP contribution >= 0.6 is 12.4 Å². The largest absolute Gasteiger partial charge is 0.340 e. The van der Waals surface area contributed by atoms with E-state index in [1.807, 2.05) is 38.1 Å². The highest BCUT2D eigenvalue weighted by molar-refractivity contribution is 7.84. The molecule has 1 aromatic rings. The van der Waals surface area contributed by atoms with Crippen molar-refractivity contribution in [2.24, 2.45) is 11.7 Å². The van der Waals surface area contributed by atoms with Crippen molar-refractivity contribution < 1.29 is 9.00 Å². The fourth-order valence-corrected chi connectivity index (χ4v) is 2.41. The van der Waals surface area contributed by atoms with Crippen molar-refractivity contribution in [3.05, 3.63) is 29.8 Å². The van der Waals surface area contributed by atoms with Gasteiger partial charge in [0, 0.05) is 35.5 Å². The molecule has 1 rings (SSSR count). The number of nitrogens with two attached hydrogens (primary N) is 1. The Balaban J connectivity index is 0.00000400. The molecule has 3 unspecified atom stereocenters. The minimum Gasteiger partial charge on any atom is -0.340 e. The van der Waals surface area contributed by atoms with E-state index in [4.69, 9.17) is 5.73 Å². The van der Waals surface area contributed by atoms with Crippen molar-refractivity contribution in [1.29, 1.82) is 0 Å². The van der Waals surface area contributed by atoms with Crippen LogP contribution in [0.5, 0.6) is 0 Å². The van der Waals surface area contributed by atoms with Crippen LogP contribution in [0, 0.1) is 5.92 Å². The molecular formula is C15H25ClN2O2S. The maximum absolute atomic E-state index is 12.2. The van der Waals surface area contributed by atoms with E-state index in [-0.39, 0.29) is 24.2 Å². The number of halogens is 1. The Morgan fingerprint density at radius 2 is 1.86 bits per heavy atom. The Hall–Kier alpha value is -0.910. The van der Waals surface area contributed by atoms with E-state index in [9.17, 15) is 9.00 Å². The molecule has 120 valence electrons. The average Bonchev–Trinajstić information content (AvgIpc) is 2.45. The van der Waals surface area contributed by atoms with Gasteiger partial charge >= 0.3 is 0 Å². The van der Waals surface area contributed by atoms with Gasteiger partial charge in [-0.15, -0.1) is 12.4 Å². The summed E-state index contributed by atoms with van der Waals surface area (Å²) in [6.45, 7) is 4.53. The van der Waals surface area contributed by atoms with Crippen molar-refractivity contribution in [1.82, 2.24) is 4.90 Å². The van der Waals surface area contributed by atoms with Crippen LogP contribution in [-0.2, 0) is 22.1 Å². The van der Waals surface area contributed by atoms with Crippen LogP contribution in [-0.4, -0.2) is 34.4 Å². The van der Waals surface area contributed by atoms with Crippen molar-refractivity contribution >= 4 is 29.1 Å². The van der Waals surface area contributed by atoms with E-state index >= 15 is 0 Å². The lowest BCUT2D eigenvalue weighted by atomic mass is 9.99. The van der Waals surface area contributed by atoms with Gasteiger partial charge < -0.3 is 10.6 Å².